The third kappa shape index (κ3) is 8.32. The molecule has 0 saturated carbocycles. The lowest BCUT2D eigenvalue weighted by Gasteiger charge is -2.35. The van der Waals surface area contributed by atoms with E-state index in [4.69, 9.17) is 14.2 Å². The fraction of sp³-hybridized carbons (Fsp3) is 0.619. The van der Waals surface area contributed by atoms with Crippen LogP contribution in [0.5, 0.6) is 0 Å². The van der Waals surface area contributed by atoms with Gasteiger partial charge in [0.1, 0.15) is 0 Å². The molecule has 3 atom stereocenters. The first-order valence-corrected chi connectivity index (χ1v) is 13.1. The van der Waals surface area contributed by atoms with Crippen LogP contribution in [0.25, 0.3) is 0 Å². The van der Waals surface area contributed by atoms with Crippen LogP contribution in [-0.4, -0.2) is 33.2 Å². The van der Waals surface area contributed by atoms with Gasteiger partial charge in [-0.25, -0.2) is 0 Å². The molecule has 1 aliphatic rings. The Morgan fingerprint density at radius 2 is 1.84 bits per heavy atom. The summed E-state index contributed by atoms with van der Waals surface area (Å²) in [6.45, 7) is 14.8. The molecular formula is C21H34O3Si. The van der Waals surface area contributed by atoms with Crippen LogP contribution in [-0.2, 0) is 20.8 Å². The van der Waals surface area contributed by atoms with Gasteiger partial charge in [-0.3, -0.25) is 0 Å². The van der Waals surface area contributed by atoms with E-state index in [1.807, 2.05) is 25.1 Å². The summed E-state index contributed by atoms with van der Waals surface area (Å²) in [4.78, 5) is 0. The second kappa shape index (κ2) is 9.67. The Balaban J connectivity index is 1.71. The Bertz CT molecular complexity index is 524. The normalized spacial score (nSPS) is 24.2. The monoisotopic (exact) mass is 362 g/mol. The molecule has 140 valence electrons. The van der Waals surface area contributed by atoms with E-state index in [0.717, 1.165) is 25.9 Å². The molecule has 0 amide bonds. The van der Waals surface area contributed by atoms with E-state index in [1.54, 1.807) is 0 Å². The predicted molar refractivity (Wildman–Crippen MR) is 106 cm³/mol. The van der Waals surface area contributed by atoms with Gasteiger partial charge in [0.15, 0.2) is 6.29 Å². The van der Waals surface area contributed by atoms with E-state index in [0.29, 0.717) is 6.61 Å². The Kier molecular flexibility index (Phi) is 7.88. The average Bonchev–Trinajstić information content (AvgIpc) is 2.50. The lowest BCUT2D eigenvalue weighted by molar-refractivity contribution is -0.236. The summed E-state index contributed by atoms with van der Waals surface area (Å²) in [7, 11) is -1.10. The highest BCUT2D eigenvalue weighted by molar-refractivity contribution is 6.76. The molecule has 3 nitrogen and oxygen atoms in total. The van der Waals surface area contributed by atoms with E-state index >= 15 is 0 Å². The first-order valence-electron chi connectivity index (χ1n) is 9.41. The van der Waals surface area contributed by atoms with Gasteiger partial charge in [0.25, 0.3) is 0 Å². The molecule has 0 spiro atoms. The molecule has 0 radical (unpaired) electrons. The minimum Gasteiger partial charge on any atom is -0.377 e. The van der Waals surface area contributed by atoms with Gasteiger partial charge in [0.05, 0.1) is 18.8 Å². The van der Waals surface area contributed by atoms with E-state index in [2.05, 4.69) is 38.4 Å². The molecule has 25 heavy (non-hydrogen) atoms. The number of benzene rings is 1. The number of ether oxygens (including phenoxy) is 3. The van der Waals surface area contributed by atoms with Crippen molar-refractivity contribution in [2.45, 2.75) is 77.0 Å². The van der Waals surface area contributed by atoms with Crippen molar-refractivity contribution in [3.63, 3.8) is 0 Å². The van der Waals surface area contributed by atoms with Crippen LogP contribution in [0.15, 0.2) is 42.5 Å². The fourth-order valence-corrected chi connectivity index (χ4v) is 5.06. The topological polar surface area (TPSA) is 27.7 Å². The van der Waals surface area contributed by atoms with Gasteiger partial charge < -0.3 is 14.2 Å². The molecule has 1 fully saturated rings. The second-order valence-electron chi connectivity index (χ2n) is 8.34. The van der Waals surface area contributed by atoms with Crippen molar-refractivity contribution in [3.05, 3.63) is 48.0 Å². The minimum absolute atomic E-state index is 0.141. The van der Waals surface area contributed by atoms with Gasteiger partial charge in [-0.1, -0.05) is 55.5 Å². The van der Waals surface area contributed by atoms with Crippen molar-refractivity contribution in [2.24, 2.45) is 0 Å². The summed E-state index contributed by atoms with van der Waals surface area (Å²) in [5.74, 6) is 0. The van der Waals surface area contributed by atoms with Crippen LogP contribution < -0.4 is 0 Å². The predicted octanol–water partition coefficient (Wildman–Crippen LogP) is 5.40. The summed E-state index contributed by atoms with van der Waals surface area (Å²) < 4.78 is 17.7. The van der Waals surface area contributed by atoms with Crippen molar-refractivity contribution in [3.8, 4) is 0 Å². The third-order valence-corrected chi connectivity index (χ3v) is 5.85. The van der Waals surface area contributed by atoms with Crippen LogP contribution in [0, 0.1) is 0 Å². The van der Waals surface area contributed by atoms with Crippen molar-refractivity contribution in [2.75, 3.05) is 6.61 Å². The van der Waals surface area contributed by atoms with Crippen LogP contribution in [0.4, 0.5) is 0 Å². The third-order valence-electron chi connectivity index (χ3n) is 4.29. The number of hydrogen-bond donors (Lipinski definition) is 0. The number of rotatable bonds is 9. The summed E-state index contributed by atoms with van der Waals surface area (Å²) >= 11 is 0. The molecule has 0 unspecified atom stereocenters. The fourth-order valence-electron chi connectivity index (χ4n) is 3.42. The highest BCUT2D eigenvalue weighted by Crippen LogP contribution is 2.27. The highest BCUT2D eigenvalue weighted by Gasteiger charge is 2.28. The Morgan fingerprint density at radius 1 is 1.16 bits per heavy atom. The molecule has 0 bridgehead atoms. The molecule has 1 saturated heterocycles. The Hall–Kier alpha value is -0.943. The average molecular weight is 363 g/mol. The van der Waals surface area contributed by atoms with E-state index in [9.17, 15) is 0 Å². The van der Waals surface area contributed by atoms with Gasteiger partial charge in [0, 0.05) is 21.1 Å². The SMILES string of the molecule is C=C(C[C@@H]1C[C@@H](CCOCc2ccccc2)O[C@@H](C)O1)C[Si](C)(C)C. The zero-order valence-corrected chi connectivity index (χ0v) is 17.3. The zero-order valence-electron chi connectivity index (χ0n) is 16.3. The maximum Gasteiger partial charge on any atom is 0.155 e. The molecule has 1 heterocycles. The van der Waals surface area contributed by atoms with Gasteiger partial charge in [-0.2, -0.15) is 0 Å². The maximum absolute atomic E-state index is 5.97. The summed E-state index contributed by atoms with van der Waals surface area (Å²) in [6.07, 6.45) is 3.11. The van der Waals surface area contributed by atoms with Crippen LogP contribution in [0.2, 0.25) is 25.7 Å². The summed E-state index contributed by atoms with van der Waals surface area (Å²) in [5.41, 5.74) is 2.54. The minimum atomic E-state index is -1.10. The lowest BCUT2D eigenvalue weighted by atomic mass is 10.0. The standard InChI is InChI=1S/C21H34O3Si/c1-17(16-25(3,4)5)13-21-14-20(23-18(2)24-21)11-12-22-15-19-9-7-6-8-10-19/h6-10,18,20-21H,1,11-16H2,2-5H3/t18-,20-,21-/m1/s1. The van der Waals surface area contributed by atoms with Gasteiger partial charge in [0.2, 0.25) is 0 Å². The molecule has 0 aliphatic carbocycles. The first-order chi connectivity index (χ1) is 11.8. The van der Waals surface area contributed by atoms with Crippen molar-refractivity contribution >= 4 is 8.07 Å². The van der Waals surface area contributed by atoms with Crippen molar-refractivity contribution < 1.29 is 14.2 Å². The quantitative estimate of drug-likeness (QED) is 0.334. The molecular weight excluding hydrogens is 328 g/mol. The first kappa shape index (κ1) is 20.4. The van der Waals surface area contributed by atoms with Gasteiger partial charge in [-0.05, 0) is 31.4 Å². The van der Waals surface area contributed by atoms with Gasteiger partial charge in [-0.15, -0.1) is 6.58 Å². The molecule has 4 heteroatoms. The molecule has 1 aromatic rings. The molecule has 0 N–H and O–H groups in total. The van der Waals surface area contributed by atoms with E-state index in [-0.39, 0.29) is 18.5 Å². The molecule has 0 aromatic heterocycles. The summed E-state index contributed by atoms with van der Waals surface area (Å²) in [6, 6.07) is 11.5. The van der Waals surface area contributed by atoms with Gasteiger partial charge >= 0.3 is 0 Å². The Morgan fingerprint density at radius 3 is 2.52 bits per heavy atom. The van der Waals surface area contributed by atoms with E-state index < -0.39 is 8.07 Å². The van der Waals surface area contributed by atoms with E-state index in [1.165, 1.54) is 17.2 Å². The largest absolute Gasteiger partial charge is 0.377 e. The van der Waals surface area contributed by atoms with Crippen molar-refractivity contribution in [1.82, 2.24) is 0 Å². The van der Waals surface area contributed by atoms with Crippen LogP contribution in [0.1, 0.15) is 31.7 Å². The Labute approximate surface area is 154 Å². The lowest BCUT2D eigenvalue weighted by Crippen LogP contribution is -2.37. The van der Waals surface area contributed by atoms with Crippen LogP contribution >= 0.6 is 0 Å². The highest BCUT2D eigenvalue weighted by atomic mass is 28.3. The molecule has 2 rings (SSSR count). The maximum atomic E-state index is 5.97. The van der Waals surface area contributed by atoms with Crippen molar-refractivity contribution in [1.29, 1.82) is 0 Å². The molecule has 1 aliphatic heterocycles. The second-order valence-corrected chi connectivity index (χ2v) is 13.8. The smallest absolute Gasteiger partial charge is 0.155 e. The molecule has 1 aromatic carbocycles. The van der Waals surface area contributed by atoms with Crippen LogP contribution in [0.3, 0.4) is 0 Å². The number of hydrogen-bond acceptors (Lipinski definition) is 3. The summed E-state index contributed by atoms with van der Waals surface area (Å²) in [5, 5.41) is 0. The zero-order chi connectivity index (χ0) is 18.3.